The molecule has 0 radical (unpaired) electrons. The zero-order valence-corrected chi connectivity index (χ0v) is 10.4. The molecule has 0 bridgehead atoms. The van der Waals surface area contributed by atoms with Crippen molar-refractivity contribution in [3.8, 4) is 0 Å². The number of quaternary nitrogens is 1. The molecule has 1 heterocycles. The molecule has 0 aromatic rings. The summed E-state index contributed by atoms with van der Waals surface area (Å²) in [7, 11) is 5.77. The van der Waals surface area contributed by atoms with Crippen molar-refractivity contribution in [2.45, 2.75) is 31.8 Å². The molecule has 1 aliphatic rings. The number of carboxylic acid groups (broad SMARTS) is 1. The minimum absolute atomic E-state index is 0.0980. The van der Waals surface area contributed by atoms with E-state index in [1.54, 1.807) is 0 Å². The van der Waals surface area contributed by atoms with Crippen LogP contribution >= 0.6 is 0 Å². The summed E-state index contributed by atoms with van der Waals surface area (Å²) in [4.78, 5) is 24.5. The third kappa shape index (κ3) is 2.52. The van der Waals surface area contributed by atoms with Crippen LogP contribution in [0.5, 0.6) is 0 Å². The Bertz CT molecular complexity index is 296. The fraction of sp³-hybridized carbons (Fsp3) is 0.818. The van der Waals surface area contributed by atoms with Gasteiger partial charge in [-0.25, -0.2) is 0 Å². The maximum Gasteiger partial charge on any atom is 0.281 e. The van der Waals surface area contributed by atoms with Crippen molar-refractivity contribution in [2.24, 2.45) is 0 Å². The highest BCUT2D eigenvalue weighted by molar-refractivity contribution is 5.86. The topological polar surface area (TPSA) is 60.4 Å². The van der Waals surface area contributed by atoms with Gasteiger partial charge >= 0.3 is 0 Å². The maximum atomic E-state index is 12.1. The second-order valence-electron chi connectivity index (χ2n) is 5.30. The summed E-state index contributed by atoms with van der Waals surface area (Å²) < 4.78 is 0.495. The smallest absolute Gasteiger partial charge is 0.281 e. The number of carbonyl (C=O) groups is 2. The van der Waals surface area contributed by atoms with E-state index in [1.165, 1.54) is 4.90 Å². The summed E-state index contributed by atoms with van der Waals surface area (Å²) in [6.45, 7) is 2.36. The Morgan fingerprint density at radius 3 is 2.38 bits per heavy atom. The fourth-order valence-corrected chi connectivity index (χ4v) is 1.85. The number of carbonyl (C=O) groups excluding carboxylic acids is 2. The number of likely N-dealkylation sites (N-methyl/N-ethyl adjacent to an activating group) is 1. The summed E-state index contributed by atoms with van der Waals surface area (Å²) >= 11 is 0. The Labute approximate surface area is 96.2 Å². The summed E-state index contributed by atoms with van der Waals surface area (Å²) in [5.41, 5.74) is 0. The van der Waals surface area contributed by atoms with Crippen LogP contribution in [-0.2, 0) is 9.59 Å². The Balaban J connectivity index is 2.77. The molecule has 0 N–H and O–H groups in total. The van der Waals surface area contributed by atoms with Crippen molar-refractivity contribution in [3.63, 3.8) is 0 Å². The number of rotatable bonds is 3. The van der Waals surface area contributed by atoms with E-state index >= 15 is 0 Å². The fourth-order valence-electron chi connectivity index (χ4n) is 1.85. The molecule has 1 fully saturated rings. The molecule has 0 saturated carbocycles. The number of carboxylic acids is 1. The number of hydrogen-bond acceptors (Lipinski definition) is 3. The summed E-state index contributed by atoms with van der Waals surface area (Å²) in [6, 6.07) is -0.971. The highest BCUT2D eigenvalue weighted by Gasteiger charge is 2.37. The van der Waals surface area contributed by atoms with Crippen LogP contribution in [0.2, 0.25) is 0 Å². The molecule has 1 amide bonds. The predicted molar refractivity (Wildman–Crippen MR) is 57.2 cm³/mol. The van der Waals surface area contributed by atoms with E-state index in [-0.39, 0.29) is 11.9 Å². The molecule has 92 valence electrons. The molecule has 0 aromatic carbocycles. The molecule has 1 saturated heterocycles. The van der Waals surface area contributed by atoms with Gasteiger partial charge in [0.1, 0.15) is 0 Å². The van der Waals surface area contributed by atoms with Crippen LogP contribution in [0.3, 0.4) is 0 Å². The molecule has 0 aromatic heterocycles. The van der Waals surface area contributed by atoms with Crippen LogP contribution in [0, 0.1) is 0 Å². The van der Waals surface area contributed by atoms with Crippen LogP contribution in [0.1, 0.15) is 19.8 Å². The zero-order chi connectivity index (χ0) is 12.5. The van der Waals surface area contributed by atoms with E-state index in [4.69, 9.17) is 0 Å². The first-order valence-electron chi connectivity index (χ1n) is 5.57. The van der Waals surface area contributed by atoms with E-state index in [0.717, 1.165) is 6.42 Å². The molecule has 2 atom stereocenters. The lowest BCUT2D eigenvalue weighted by Crippen LogP contribution is -2.56. The Morgan fingerprint density at radius 2 is 1.94 bits per heavy atom. The number of aliphatic carboxylic acids is 1. The number of hydrogen-bond donors (Lipinski definition) is 0. The maximum absolute atomic E-state index is 12.1. The predicted octanol–water partition coefficient (Wildman–Crippen LogP) is -1.18. The van der Waals surface area contributed by atoms with Crippen molar-refractivity contribution in [2.75, 3.05) is 27.7 Å². The minimum Gasteiger partial charge on any atom is -0.548 e. The van der Waals surface area contributed by atoms with E-state index in [0.29, 0.717) is 17.4 Å². The van der Waals surface area contributed by atoms with Gasteiger partial charge in [-0.1, -0.05) is 0 Å². The number of amides is 1. The average Bonchev–Trinajstić information content (AvgIpc) is 2.62. The van der Waals surface area contributed by atoms with Crippen LogP contribution < -0.4 is 5.11 Å². The monoisotopic (exact) mass is 228 g/mol. The highest BCUT2D eigenvalue weighted by Crippen LogP contribution is 2.19. The van der Waals surface area contributed by atoms with Gasteiger partial charge in [-0.05, 0) is 19.8 Å². The molecule has 0 aliphatic carbocycles. The second-order valence-corrected chi connectivity index (χ2v) is 5.30. The van der Waals surface area contributed by atoms with E-state index in [9.17, 15) is 14.7 Å². The normalized spacial score (nSPS) is 23.2. The van der Waals surface area contributed by atoms with Gasteiger partial charge in [-0.2, -0.15) is 0 Å². The van der Waals surface area contributed by atoms with Crippen molar-refractivity contribution < 1.29 is 19.2 Å². The molecular formula is C11H20N2O3. The van der Waals surface area contributed by atoms with Gasteiger partial charge in [0.25, 0.3) is 5.91 Å². The quantitative estimate of drug-likeness (QED) is 0.571. The van der Waals surface area contributed by atoms with E-state index < -0.39 is 12.0 Å². The van der Waals surface area contributed by atoms with Crippen molar-refractivity contribution in [3.05, 3.63) is 0 Å². The Morgan fingerprint density at radius 1 is 1.38 bits per heavy atom. The Kier molecular flexibility index (Phi) is 3.57. The first kappa shape index (κ1) is 13.0. The van der Waals surface area contributed by atoms with E-state index in [2.05, 4.69) is 0 Å². The van der Waals surface area contributed by atoms with Gasteiger partial charge in [-0.3, -0.25) is 4.79 Å². The van der Waals surface area contributed by atoms with Crippen LogP contribution in [0.15, 0.2) is 0 Å². The van der Waals surface area contributed by atoms with Crippen LogP contribution in [0.25, 0.3) is 0 Å². The lowest BCUT2D eigenvalue weighted by molar-refractivity contribution is -0.884. The molecule has 16 heavy (non-hydrogen) atoms. The first-order valence-corrected chi connectivity index (χ1v) is 5.57. The summed E-state index contributed by atoms with van der Waals surface area (Å²) in [6.07, 6.45) is 1.26. The van der Waals surface area contributed by atoms with E-state index in [1.807, 2.05) is 28.1 Å². The van der Waals surface area contributed by atoms with Crippen molar-refractivity contribution in [1.29, 1.82) is 0 Å². The van der Waals surface area contributed by atoms with Crippen molar-refractivity contribution >= 4 is 11.9 Å². The van der Waals surface area contributed by atoms with Crippen LogP contribution in [0.4, 0.5) is 0 Å². The van der Waals surface area contributed by atoms with Gasteiger partial charge in [-0.15, -0.1) is 0 Å². The van der Waals surface area contributed by atoms with Gasteiger partial charge < -0.3 is 19.3 Å². The Hall–Kier alpha value is -1.10. The molecular weight excluding hydrogens is 208 g/mol. The third-order valence-corrected chi connectivity index (χ3v) is 3.33. The largest absolute Gasteiger partial charge is 0.548 e. The van der Waals surface area contributed by atoms with Gasteiger partial charge in [0.05, 0.1) is 33.2 Å². The molecule has 5 heteroatoms. The first-order chi connectivity index (χ1) is 7.25. The standard InChI is InChI=1S/C11H20N2O3/c1-8(13(2,3)4)10(14)12-7-5-6-9(12)11(15)16/h8-9H,5-7H2,1-4H3. The van der Waals surface area contributed by atoms with Crippen molar-refractivity contribution in [1.82, 2.24) is 4.90 Å². The molecule has 5 nitrogen and oxygen atoms in total. The van der Waals surface area contributed by atoms with Gasteiger partial charge in [0.15, 0.2) is 6.04 Å². The van der Waals surface area contributed by atoms with Gasteiger partial charge in [0, 0.05) is 6.54 Å². The third-order valence-electron chi connectivity index (χ3n) is 3.33. The molecule has 1 rings (SSSR count). The molecule has 1 aliphatic heterocycles. The SMILES string of the molecule is CC(C(=O)N1CCCC1C(=O)[O-])[N+](C)(C)C. The zero-order valence-electron chi connectivity index (χ0n) is 10.4. The van der Waals surface area contributed by atoms with Gasteiger partial charge in [0.2, 0.25) is 0 Å². The number of likely N-dealkylation sites (tertiary alicyclic amines) is 1. The minimum atomic E-state index is -1.14. The second kappa shape index (κ2) is 4.41. The average molecular weight is 228 g/mol. The molecule has 2 unspecified atom stereocenters. The lowest BCUT2D eigenvalue weighted by Gasteiger charge is -2.35. The lowest BCUT2D eigenvalue weighted by atomic mass is 10.2. The summed E-state index contributed by atoms with van der Waals surface area (Å²) in [5.74, 6) is -1.24. The highest BCUT2D eigenvalue weighted by atomic mass is 16.4. The molecule has 0 spiro atoms. The van der Waals surface area contributed by atoms with Crippen LogP contribution in [-0.4, -0.2) is 61.0 Å². The summed E-state index contributed by atoms with van der Waals surface area (Å²) in [5, 5.41) is 10.9. The number of nitrogens with zero attached hydrogens (tertiary/aromatic N) is 2.